The van der Waals surface area contributed by atoms with E-state index in [0.717, 1.165) is 6.26 Å². The normalized spacial score (nSPS) is 14.2. The zero-order valence-electron chi connectivity index (χ0n) is 8.10. The second-order valence-electron chi connectivity index (χ2n) is 3.06. The van der Waals surface area contributed by atoms with Gasteiger partial charge in [0, 0.05) is 19.2 Å². The Bertz CT molecular complexity index is 398. The molecule has 0 aliphatic heterocycles. The highest BCUT2D eigenvalue weighted by Gasteiger charge is 2.22. The Labute approximate surface area is 82.4 Å². The molecule has 2 N–H and O–H groups in total. The monoisotopic (exact) mass is 219 g/mol. The van der Waals surface area contributed by atoms with Crippen LogP contribution in [0.2, 0.25) is 0 Å². The van der Waals surface area contributed by atoms with Crippen molar-refractivity contribution in [1.29, 1.82) is 0 Å². The van der Waals surface area contributed by atoms with Gasteiger partial charge in [0.25, 0.3) is 0 Å². The molecule has 0 spiro atoms. The van der Waals surface area contributed by atoms with E-state index < -0.39 is 15.1 Å². The molecule has 80 valence electrons. The van der Waals surface area contributed by atoms with Crippen LogP contribution in [0.15, 0.2) is 4.52 Å². The van der Waals surface area contributed by atoms with Crippen LogP contribution in [0.25, 0.3) is 0 Å². The molecule has 1 rings (SSSR count). The van der Waals surface area contributed by atoms with Crippen LogP contribution in [0.1, 0.15) is 23.9 Å². The number of aromatic nitrogens is 2. The van der Waals surface area contributed by atoms with Gasteiger partial charge in [0.1, 0.15) is 5.25 Å². The Morgan fingerprint density at radius 3 is 2.71 bits per heavy atom. The third kappa shape index (κ3) is 2.52. The highest BCUT2D eigenvalue weighted by molar-refractivity contribution is 7.90. The molecule has 0 aliphatic rings. The summed E-state index contributed by atoms with van der Waals surface area (Å²) in [6, 6.07) is 0. The summed E-state index contributed by atoms with van der Waals surface area (Å²) >= 11 is 0. The zero-order valence-corrected chi connectivity index (χ0v) is 8.91. The van der Waals surface area contributed by atoms with E-state index in [2.05, 4.69) is 10.1 Å². The van der Waals surface area contributed by atoms with E-state index in [0.29, 0.717) is 18.9 Å². The molecule has 0 aliphatic carbocycles. The zero-order chi connectivity index (χ0) is 10.8. The SMILES string of the molecule is CC(c1noc(CCN)n1)S(C)(=O)=O. The minimum absolute atomic E-state index is 0.191. The van der Waals surface area contributed by atoms with Gasteiger partial charge in [0.15, 0.2) is 15.7 Å². The molecular formula is C7H13N3O3S. The molecule has 0 bridgehead atoms. The van der Waals surface area contributed by atoms with Crippen LogP contribution >= 0.6 is 0 Å². The van der Waals surface area contributed by atoms with Crippen molar-refractivity contribution in [3.05, 3.63) is 11.7 Å². The van der Waals surface area contributed by atoms with Crippen LogP contribution in [0.3, 0.4) is 0 Å². The van der Waals surface area contributed by atoms with Crippen molar-refractivity contribution < 1.29 is 12.9 Å². The average molecular weight is 219 g/mol. The van der Waals surface area contributed by atoms with Crippen molar-refractivity contribution in [1.82, 2.24) is 10.1 Å². The fourth-order valence-electron chi connectivity index (χ4n) is 0.850. The van der Waals surface area contributed by atoms with Crippen LogP contribution in [0.5, 0.6) is 0 Å². The minimum Gasteiger partial charge on any atom is -0.339 e. The summed E-state index contributed by atoms with van der Waals surface area (Å²) in [5.74, 6) is 0.564. The molecule has 0 radical (unpaired) electrons. The molecule has 0 aromatic carbocycles. The van der Waals surface area contributed by atoms with Crippen molar-refractivity contribution in [2.24, 2.45) is 5.73 Å². The number of hydrogen-bond acceptors (Lipinski definition) is 6. The molecule has 0 fully saturated rings. The number of hydrogen-bond donors (Lipinski definition) is 1. The fourth-order valence-corrected chi connectivity index (χ4v) is 1.33. The molecule has 0 saturated carbocycles. The van der Waals surface area contributed by atoms with Crippen LogP contribution in [0.4, 0.5) is 0 Å². The van der Waals surface area contributed by atoms with Crippen molar-refractivity contribution in [2.75, 3.05) is 12.8 Å². The maximum absolute atomic E-state index is 11.2. The van der Waals surface area contributed by atoms with Gasteiger partial charge in [-0.2, -0.15) is 4.98 Å². The predicted molar refractivity (Wildman–Crippen MR) is 50.3 cm³/mol. The summed E-state index contributed by atoms with van der Waals surface area (Å²) < 4.78 is 27.1. The van der Waals surface area contributed by atoms with Gasteiger partial charge in [0.05, 0.1) is 0 Å². The predicted octanol–water partition coefficient (Wildman–Crippen LogP) is -0.324. The van der Waals surface area contributed by atoms with E-state index in [9.17, 15) is 8.42 Å². The summed E-state index contributed by atoms with van der Waals surface area (Å²) in [6.45, 7) is 1.92. The molecule has 6 nitrogen and oxygen atoms in total. The molecule has 14 heavy (non-hydrogen) atoms. The molecule has 1 atom stereocenters. The lowest BCUT2D eigenvalue weighted by atomic mass is 10.4. The Balaban J connectivity index is 2.87. The van der Waals surface area contributed by atoms with Gasteiger partial charge in [-0.05, 0) is 6.92 Å². The van der Waals surface area contributed by atoms with Gasteiger partial charge in [-0.15, -0.1) is 0 Å². The molecular weight excluding hydrogens is 206 g/mol. The third-order valence-corrected chi connectivity index (χ3v) is 3.34. The average Bonchev–Trinajstić information content (AvgIpc) is 2.50. The summed E-state index contributed by atoms with van der Waals surface area (Å²) in [7, 11) is -3.17. The Hall–Kier alpha value is -0.950. The summed E-state index contributed by atoms with van der Waals surface area (Å²) in [5.41, 5.74) is 5.29. The highest BCUT2D eigenvalue weighted by Crippen LogP contribution is 2.17. The van der Waals surface area contributed by atoms with Crippen LogP contribution in [-0.2, 0) is 16.3 Å². The molecule has 1 unspecified atom stereocenters. The lowest BCUT2D eigenvalue weighted by Crippen LogP contribution is -2.09. The van der Waals surface area contributed by atoms with Gasteiger partial charge in [-0.3, -0.25) is 0 Å². The first-order valence-electron chi connectivity index (χ1n) is 4.16. The maximum atomic E-state index is 11.2. The first-order valence-corrected chi connectivity index (χ1v) is 6.12. The van der Waals surface area contributed by atoms with Crippen LogP contribution < -0.4 is 5.73 Å². The van der Waals surface area contributed by atoms with E-state index in [1.165, 1.54) is 6.92 Å². The second kappa shape index (κ2) is 4.05. The van der Waals surface area contributed by atoms with E-state index in [1.54, 1.807) is 0 Å². The van der Waals surface area contributed by atoms with Crippen LogP contribution in [0, 0.1) is 0 Å². The first-order chi connectivity index (χ1) is 6.45. The standard InChI is InChI=1S/C7H13N3O3S/c1-5(14(2,11)12)7-9-6(3-4-8)13-10-7/h5H,3-4,8H2,1-2H3. The van der Waals surface area contributed by atoms with Gasteiger partial charge in [0.2, 0.25) is 5.89 Å². The van der Waals surface area contributed by atoms with Crippen molar-refractivity contribution in [3.63, 3.8) is 0 Å². The van der Waals surface area contributed by atoms with Crippen molar-refractivity contribution in [3.8, 4) is 0 Å². The van der Waals surface area contributed by atoms with Crippen molar-refractivity contribution >= 4 is 9.84 Å². The summed E-state index contributed by atoms with van der Waals surface area (Å²) in [5, 5.41) is 2.84. The smallest absolute Gasteiger partial charge is 0.227 e. The number of rotatable bonds is 4. The lowest BCUT2D eigenvalue weighted by Gasteiger charge is -2.01. The second-order valence-corrected chi connectivity index (χ2v) is 5.42. The topological polar surface area (TPSA) is 99.1 Å². The summed E-state index contributed by atoms with van der Waals surface area (Å²) in [6.07, 6.45) is 1.60. The quantitative estimate of drug-likeness (QED) is 0.744. The number of sulfone groups is 1. The fraction of sp³-hybridized carbons (Fsp3) is 0.714. The number of nitrogens with zero attached hydrogens (tertiary/aromatic N) is 2. The van der Waals surface area contributed by atoms with Gasteiger partial charge in [-0.25, -0.2) is 8.42 Å². The Kier molecular flexibility index (Phi) is 3.22. The molecule has 1 heterocycles. The van der Waals surface area contributed by atoms with E-state index in [1.807, 2.05) is 0 Å². The van der Waals surface area contributed by atoms with Gasteiger partial charge in [-0.1, -0.05) is 5.16 Å². The summed E-state index contributed by atoms with van der Waals surface area (Å²) in [4.78, 5) is 3.93. The van der Waals surface area contributed by atoms with E-state index in [4.69, 9.17) is 10.3 Å². The maximum Gasteiger partial charge on any atom is 0.227 e. The largest absolute Gasteiger partial charge is 0.339 e. The molecule has 0 amide bonds. The molecule has 1 aromatic rings. The molecule has 7 heteroatoms. The Morgan fingerprint density at radius 2 is 2.21 bits per heavy atom. The van der Waals surface area contributed by atoms with E-state index >= 15 is 0 Å². The minimum atomic E-state index is -3.17. The van der Waals surface area contributed by atoms with Gasteiger partial charge >= 0.3 is 0 Å². The lowest BCUT2D eigenvalue weighted by molar-refractivity contribution is 0.374. The van der Waals surface area contributed by atoms with Crippen LogP contribution in [-0.4, -0.2) is 31.4 Å². The Morgan fingerprint density at radius 1 is 1.57 bits per heavy atom. The van der Waals surface area contributed by atoms with Gasteiger partial charge < -0.3 is 10.3 Å². The number of nitrogens with two attached hydrogens (primary N) is 1. The van der Waals surface area contributed by atoms with E-state index in [-0.39, 0.29) is 5.82 Å². The van der Waals surface area contributed by atoms with Crippen molar-refractivity contribution in [2.45, 2.75) is 18.6 Å². The molecule has 1 aromatic heterocycles. The third-order valence-electron chi connectivity index (χ3n) is 1.85. The highest BCUT2D eigenvalue weighted by atomic mass is 32.2. The first kappa shape index (κ1) is 11.1. The molecule has 0 saturated heterocycles.